The van der Waals surface area contributed by atoms with E-state index >= 15 is 0 Å². The molecule has 150 valence electrons. The van der Waals surface area contributed by atoms with Crippen LogP contribution in [0.25, 0.3) is 5.57 Å². The fourth-order valence-electron chi connectivity index (χ4n) is 3.71. The summed E-state index contributed by atoms with van der Waals surface area (Å²) in [6, 6.07) is 23.5. The van der Waals surface area contributed by atoms with Crippen molar-refractivity contribution in [2.24, 2.45) is 0 Å². The van der Waals surface area contributed by atoms with E-state index in [-0.39, 0.29) is 11.8 Å². The largest absolute Gasteiger partial charge is 0.272 e. The molecule has 3 aromatic rings. The van der Waals surface area contributed by atoms with E-state index in [2.05, 4.69) is 6.07 Å². The Morgan fingerprint density at radius 3 is 2.20 bits per heavy atom. The maximum Gasteiger partial charge on any atom is 0.272 e. The molecule has 0 N–H and O–H groups in total. The first-order valence-corrected chi connectivity index (χ1v) is 10.9. The Bertz CT molecular complexity index is 1160. The zero-order valence-electron chi connectivity index (χ0n) is 17.3. The summed E-state index contributed by atoms with van der Waals surface area (Å²) in [5.74, 6) is 0.125. The summed E-state index contributed by atoms with van der Waals surface area (Å²) in [7, 11) is 0. The Morgan fingerprint density at radius 1 is 0.767 bits per heavy atom. The highest BCUT2D eigenvalue weighted by atomic mass is 32.2. The number of thioether (sulfide) groups is 1. The molecule has 1 aliphatic rings. The monoisotopic (exact) mass is 413 g/mol. The molecule has 3 nitrogen and oxygen atoms in total. The summed E-state index contributed by atoms with van der Waals surface area (Å²) in [6.07, 6.45) is 0. The van der Waals surface area contributed by atoms with Crippen molar-refractivity contribution >= 4 is 34.8 Å². The summed E-state index contributed by atoms with van der Waals surface area (Å²) < 4.78 is 0. The van der Waals surface area contributed by atoms with E-state index in [4.69, 9.17) is 0 Å². The lowest BCUT2D eigenvalue weighted by Crippen LogP contribution is -2.31. The molecule has 4 heteroatoms. The Kier molecular flexibility index (Phi) is 5.60. The standard InChI is InChI=1S/C26H23NO2S/c1-17-8-7-11-21(15-17)27-25(28)23(22-13-12-18(2)14-19(22)3)24(26(27)29)30-16-20-9-5-4-6-10-20/h4-15H,16H2,1-3H3. The molecular weight excluding hydrogens is 390 g/mol. The van der Waals surface area contributed by atoms with Crippen LogP contribution in [0.4, 0.5) is 5.69 Å². The van der Waals surface area contributed by atoms with Crippen LogP contribution in [0.2, 0.25) is 0 Å². The van der Waals surface area contributed by atoms with Gasteiger partial charge in [-0.3, -0.25) is 9.59 Å². The van der Waals surface area contributed by atoms with Crippen LogP contribution in [-0.4, -0.2) is 11.8 Å². The van der Waals surface area contributed by atoms with E-state index in [1.165, 1.54) is 16.7 Å². The predicted molar refractivity (Wildman–Crippen MR) is 124 cm³/mol. The third-order valence-electron chi connectivity index (χ3n) is 5.18. The fourth-order valence-corrected chi connectivity index (χ4v) is 4.77. The Labute approximate surface area is 181 Å². The summed E-state index contributed by atoms with van der Waals surface area (Å²) >= 11 is 1.44. The van der Waals surface area contributed by atoms with Gasteiger partial charge in [0.15, 0.2) is 0 Å². The average Bonchev–Trinajstić information content (AvgIpc) is 2.97. The maximum atomic E-state index is 13.5. The van der Waals surface area contributed by atoms with E-state index in [9.17, 15) is 9.59 Å². The quantitative estimate of drug-likeness (QED) is 0.494. The normalized spacial score (nSPS) is 14.0. The number of aryl methyl sites for hydroxylation is 3. The van der Waals surface area contributed by atoms with Gasteiger partial charge < -0.3 is 0 Å². The fraction of sp³-hybridized carbons (Fsp3) is 0.154. The molecule has 0 bridgehead atoms. The number of nitrogens with zero attached hydrogens (tertiary/aromatic N) is 1. The topological polar surface area (TPSA) is 37.4 Å². The zero-order valence-corrected chi connectivity index (χ0v) is 18.1. The highest BCUT2D eigenvalue weighted by molar-refractivity contribution is 8.03. The summed E-state index contributed by atoms with van der Waals surface area (Å²) in [4.78, 5) is 28.8. The van der Waals surface area contributed by atoms with E-state index in [1.807, 2.05) is 87.5 Å². The van der Waals surface area contributed by atoms with Crippen molar-refractivity contribution in [3.8, 4) is 0 Å². The first-order chi connectivity index (χ1) is 14.5. The number of carbonyl (C=O) groups is 2. The van der Waals surface area contributed by atoms with Crippen LogP contribution in [-0.2, 0) is 15.3 Å². The number of carbonyl (C=O) groups excluding carboxylic acids is 2. The van der Waals surface area contributed by atoms with Gasteiger partial charge in [0, 0.05) is 5.75 Å². The molecule has 0 radical (unpaired) electrons. The van der Waals surface area contributed by atoms with Crippen LogP contribution in [0.3, 0.4) is 0 Å². The summed E-state index contributed by atoms with van der Waals surface area (Å²) in [6.45, 7) is 5.97. The van der Waals surface area contributed by atoms with Crippen LogP contribution < -0.4 is 4.90 Å². The van der Waals surface area contributed by atoms with Gasteiger partial charge in [-0.15, -0.1) is 11.8 Å². The van der Waals surface area contributed by atoms with E-state index in [0.717, 1.165) is 27.8 Å². The van der Waals surface area contributed by atoms with Crippen molar-refractivity contribution in [2.45, 2.75) is 26.5 Å². The molecule has 0 saturated heterocycles. The molecule has 1 heterocycles. The molecule has 0 atom stereocenters. The molecule has 2 amide bonds. The van der Waals surface area contributed by atoms with Crippen molar-refractivity contribution in [1.82, 2.24) is 0 Å². The number of hydrogen-bond acceptors (Lipinski definition) is 3. The van der Waals surface area contributed by atoms with Gasteiger partial charge in [0.05, 0.1) is 16.2 Å². The molecular formula is C26H23NO2S. The van der Waals surface area contributed by atoms with Crippen molar-refractivity contribution in [1.29, 1.82) is 0 Å². The molecule has 0 aliphatic carbocycles. The first-order valence-electron chi connectivity index (χ1n) is 9.90. The van der Waals surface area contributed by atoms with Crippen LogP contribution in [0.1, 0.15) is 27.8 Å². The molecule has 0 fully saturated rings. The van der Waals surface area contributed by atoms with Crippen LogP contribution >= 0.6 is 11.8 Å². The SMILES string of the molecule is Cc1cccc(N2C(=O)C(SCc3ccccc3)=C(c3ccc(C)cc3C)C2=O)c1. The number of hydrogen-bond donors (Lipinski definition) is 0. The van der Waals surface area contributed by atoms with Crippen molar-refractivity contribution in [3.63, 3.8) is 0 Å². The number of rotatable bonds is 5. The minimum Gasteiger partial charge on any atom is -0.268 e. The minimum atomic E-state index is -0.256. The van der Waals surface area contributed by atoms with Crippen molar-refractivity contribution in [3.05, 3.63) is 106 Å². The molecule has 0 saturated carbocycles. The second-order valence-electron chi connectivity index (χ2n) is 7.58. The van der Waals surface area contributed by atoms with Gasteiger partial charge >= 0.3 is 0 Å². The number of benzene rings is 3. The second kappa shape index (κ2) is 8.33. The number of imide groups is 1. The lowest BCUT2D eigenvalue weighted by molar-refractivity contribution is -0.119. The van der Waals surface area contributed by atoms with Gasteiger partial charge in [0.1, 0.15) is 0 Å². The van der Waals surface area contributed by atoms with Crippen molar-refractivity contribution in [2.75, 3.05) is 4.90 Å². The highest BCUT2D eigenvalue weighted by Crippen LogP contribution is 2.40. The van der Waals surface area contributed by atoms with Crippen LogP contribution in [0.15, 0.2) is 77.7 Å². The van der Waals surface area contributed by atoms with Gasteiger partial charge in [-0.25, -0.2) is 4.90 Å². The lowest BCUT2D eigenvalue weighted by Gasteiger charge is -2.16. The zero-order chi connectivity index (χ0) is 21.3. The molecule has 30 heavy (non-hydrogen) atoms. The Balaban J connectivity index is 1.79. The lowest BCUT2D eigenvalue weighted by atomic mass is 9.98. The molecule has 0 unspecified atom stereocenters. The smallest absolute Gasteiger partial charge is 0.268 e. The molecule has 3 aromatic carbocycles. The van der Waals surface area contributed by atoms with Gasteiger partial charge in [0.2, 0.25) is 0 Å². The average molecular weight is 414 g/mol. The highest BCUT2D eigenvalue weighted by Gasteiger charge is 2.40. The molecule has 4 rings (SSSR count). The van der Waals surface area contributed by atoms with Crippen molar-refractivity contribution < 1.29 is 9.59 Å². The third kappa shape index (κ3) is 3.83. The molecule has 1 aliphatic heterocycles. The van der Waals surface area contributed by atoms with E-state index in [1.54, 1.807) is 0 Å². The number of amides is 2. The van der Waals surface area contributed by atoms with Gasteiger partial charge in [0.25, 0.3) is 11.8 Å². The second-order valence-corrected chi connectivity index (χ2v) is 8.57. The minimum absolute atomic E-state index is 0.249. The van der Waals surface area contributed by atoms with E-state index in [0.29, 0.717) is 21.9 Å². The molecule has 0 aromatic heterocycles. The Morgan fingerprint density at radius 2 is 1.50 bits per heavy atom. The van der Waals surface area contributed by atoms with Crippen LogP contribution in [0, 0.1) is 20.8 Å². The predicted octanol–water partition coefficient (Wildman–Crippen LogP) is 5.83. The first kappa shape index (κ1) is 20.2. The van der Waals surface area contributed by atoms with Gasteiger partial charge in [-0.05, 0) is 55.2 Å². The van der Waals surface area contributed by atoms with Gasteiger partial charge in [-0.1, -0.05) is 66.2 Å². The summed E-state index contributed by atoms with van der Waals surface area (Å²) in [5, 5.41) is 0. The number of anilines is 1. The van der Waals surface area contributed by atoms with Gasteiger partial charge in [-0.2, -0.15) is 0 Å². The molecule has 0 spiro atoms. The third-order valence-corrected chi connectivity index (χ3v) is 6.32. The maximum absolute atomic E-state index is 13.5. The van der Waals surface area contributed by atoms with Crippen LogP contribution in [0.5, 0.6) is 0 Å². The summed E-state index contributed by atoms with van der Waals surface area (Å²) in [5.41, 5.74) is 6.18. The van der Waals surface area contributed by atoms with E-state index < -0.39 is 0 Å². The Hall–Kier alpha value is -3.11.